The lowest BCUT2D eigenvalue weighted by Crippen LogP contribution is -2.42. The second-order valence-corrected chi connectivity index (χ2v) is 6.61. The van der Waals surface area contributed by atoms with Crippen molar-refractivity contribution in [3.8, 4) is 0 Å². The molecule has 2 nitrogen and oxygen atoms in total. The summed E-state index contributed by atoms with van der Waals surface area (Å²) in [6.45, 7) is 5.47. The summed E-state index contributed by atoms with van der Waals surface area (Å²) in [5.74, 6) is 0.186. The number of halogens is 1. The molecule has 1 aliphatic rings. The number of hydrogen-bond acceptors (Lipinski definition) is 2. The molecule has 1 saturated heterocycles. The Morgan fingerprint density at radius 1 is 0.917 bits per heavy atom. The first-order chi connectivity index (χ1) is 11.2. The molecule has 0 aromatic heterocycles. The quantitative estimate of drug-likeness (QED) is 0.835. The van der Waals surface area contributed by atoms with Crippen LogP contribution in [0.2, 0.25) is 0 Å². The molecule has 2 aromatic rings. The van der Waals surface area contributed by atoms with Crippen molar-refractivity contribution >= 4 is 12.4 Å². The van der Waals surface area contributed by atoms with Gasteiger partial charge in [0.25, 0.3) is 0 Å². The van der Waals surface area contributed by atoms with E-state index < -0.39 is 5.60 Å². The van der Waals surface area contributed by atoms with E-state index in [-0.39, 0.29) is 18.3 Å². The molecule has 1 N–H and O–H groups in total. The van der Waals surface area contributed by atoms with E-state index in [2.05, 4.69) is 36.1 Å². The molecule has 1 aliphatic heterocycles. The third-order valence-electron chi connectivity index (χ3n) is 5.19. The summed E-state index contributed by atoms with van der Waals surface area (Å²) >= 11 is 0. The van der Waals surface area contributed by atoms with Crippen LogP contribution in [0.1, 0.15) is 37.3 Å². The van der Waals surface area contributed by atoms with Crippen molar-refractivity contribution < 1.29 is 5.11 Å². The molecule has 0 radical (unpaired) electrons. The first kappa shape index (κ1) is 19.0. The zero-order valence-electron chi connectivity index (χ0n) is 14.4. The smallest absolute Gasteiger partial charge is 0.119 e. The maximum absolute atomic E-state index is 11.8. The van der Waals surface area contributed by atoms with Crippen molar-refractivity contribution in [3.05, 3.63) is 71.8 Å². The van der Waals surface area contributed by atoms with Gasteiger partial charge in [-0.3, -0.25) is 0 Å². The van der Waals surface area contributed by atoms with E-state index in [0.29, 0.717) is 0 Å². The lowest BCUT2D eigenvalue weighted by Gasteiger charge is -2.39. The Labute approximate surface area is 151 Å². The Bertz CT molecular complexity index is 556. The normalized spacial score (nSPS) is 16.6. The van der Waals surface area contributed by atoms with Gasteiger partial charge < -0.3 is 10.0 Å². The molecule has 0 bridgehead atoms. The second-order valence-electron chi connectivity index (χ2n) is 6.61. The number of benzene rings is 2. The minimum Gasteiger partial charge on any atom is -0.380 e. The van der Waals surface area contributed by atoms with Crippen LogP contribution < -0.4 is 0 Å². The molecule has 0 aliphatic carbocycles. The second kappa shape index (κ2) is 8.66. The van der Waals surface area contributed by atoms with Crippen molar-refractivity contribution in [3.63, 3.8) is 0 Å². The average Bonchev–Trinajstić information content (AvgIpc) is 3.14. The average molecular weight is 346 g/mol. The Morgan fingerprint density at radius 3 is 1.79 bits per heavy atom. The van der Waals surface area contributed by atoms with Crippen LogP contribution >= 0.6 is 12.4 Å². The maximum atomic E-state index is 11.8. The zero-order valence-corrected chi connectivity index (χ0v) is 15.2. The zero-order chi connectivity index (χ0) is 16.1. The Morgan fingerprint density at radius 2 is 1.38 bits per heavy atom. The molecule has 24 heavy (non-hydrogen) atoms. The van der Waals surface area contributed by atoms with Crippen molar-refractivity contribution in [2.24, 2.45) is 5.92 Å². The predicted octanol–water partition coefficient (Wildman–Crippen LogP) is 4.47. The van der Waals surface area contributed by atoms with Crippen molar-refractivity contribution in [2.75, 3.05) is 19.6 Å². The van der Waals surface area contributed by atoms with Gasteiger partial charge in [0.05, 0.1) is 0 Å². The predicted molar refractivity (Wildman–Crippen MR) is 103 cm³/mol. The van der Waals surface area contributed by atoms with E-state index >= 15 is 0 Å². The van der Waals surface area contributed by atoms with Crippen LogP contribution in [0.5, 0.6) is 0 Å². The van der Waals surface area contributed by atoms with Gasteiger partial charge in [0.1, 0.15) is 5.60 Å². The van der Waals surface area contributed by atoms with Gasteiger partial charge in [-0.2, -0.15) is 0 Å². The van der Waals surface area contributed by atoms with E-state index in [9.17, 15) is 5.11 Å². The van der Waals surface area contributed by atoms with Gasteiger partial charge in [0.2, 0.25) is 0 Å². The molecule has 0 spiro atoms. The summed E-state index contributed by atoms with van der Waals surface area (Å²) in [6, 6.07) is 20.3. The highest BCUT2D eigenvalue weighted by atomic mass is 35.5. The minimum atomic E-state index is -0.931. The van der Waals surface area contributed by atoms with Gasteiger partial charge in [0.15, 0.2) is 0 Å². The highest BCUT2D eigenvalue weighted by Gasteiger charge is 2.40. The Hall–Kier alpha value is -1.35. The van der Waals surface area contributed by atoms with E-state index in [1.54, 1.807) is 0 Å². The van der Waals surface area contributed by atoms with E-state index in [1.807, 2.05) is 36.4 Å². The summed E-state index contributed by atoms with van der Waals surface area (Å²) in [6.07, 6.45) is 3.52. The van der Waals surface area contributed by atoms with E-state index in [4.69, 9.17) is 0 Å². The standard InChI is InChI=1S/C21H27NO.ClH/c1-2-18(17-22-15-9-10-16-22)21(23,19-11-5-3-6-12-19)20-13-7-4-8-14-20;/h3-8,11-14,18,23H,2,9-10,15-17H2,1H3;1H. The number of aliphatic hydroxyl groups is 1. The number of rotatable bonds is 6. The lowest BCUT2D eigenvalue weighted by molar-refractivity contribution is 0.000284. The fraction of sp³-hybridized carbons (Fsp3) is 0.429. The lowest BCUT2D eigenvalue weighted by atomic mass is 9.74. The van der Waals surface area contributed by atoms with Gasteiger partial charge >= 0.3 is 0 Å². The molecule has 3 rings (SSSR count). The van der Waals surface area contributed by atoms with Crippen LogP contribution in [0.25, 0.3) is 0 Å². The third kappa shape index (κ3) is 3.83. The molecule has 1 atom stereocenters. The minimum absolute atomic E-state index is 0. The van der Waals surface area contributed by atoms with Gasteiger partial charge in [-0.25, -0.2) is 0 Å². The summed E-state index contributed by atoms with van der Waals surface area (Å²) in [5, 5.41) is 11.8. The number of nitrogens with zero attached hydrogens (tertiary/aromatic N) is 1. The van der Waals surface area contributed by atoms with E-state index in [0.717, 1.165) is 37.2 Å². The van der Waals surface area contributed by atoms with Crippen molar-refractivity contribution in [1.29, 1.82) is 0 Å². The van der Waals surface area contributed by atoms with Crippen molar-refractivity contribution in [2.45, 2.75) is 31.8 Å². The summed E-state index contributed by atoms with van der Waals surface area (Å²) < 4.78 is 0. The first-order valence-electron chi connectivity index (χ1n) is 8.81. The Balaban J connectivity index is 0.00000208. The van der Waals surface area contributed by atoms with Crippen LogP contribution in [0, 0.1) is 5.92 Å². The van der Waals surface area contributed by atoms with E-state index in [1.165, 1.54) is 12.8 Å². The Kier molecular flexibility index (Phi) is 6.85. The molecule has 1 unspecified atom stereocenters. The summed E-state index contributed by atoms with van der Waals surface area (Å²) in [5.41, 5.74) is 1.06. The fourth-order valence-corrected chi connectivity index (χ4v) is 3.86. The molecule has 1 heterocycles. The summed E-state index contributed by atoms with van der Waals surface area (Å²) in [7, 11) is 0. The topological polar surface area (TPSA) is 23.5 Å². The van der Waals surface area contributed by atoms with Crippen LogP contribution in [-0.2, 0) is 5.60 Å². The highest BCUT2D eigenvalue weighted by molar-refractivity contribution is 5.85. The molecule has 0 saturated carbocycles. The fourth-order valence-electron chi connectivity index (χ4n) is 3.86. The maximum Gasteiger partial charge on any atom is 0.119 e. The third-order valence-corrected chi connectivity index (χ3v) is 5.19. The van der Waals surface area contributed by atoms with Crippen LogP contribution in [0.4, 0.5) is 0 Å². The molecule has 130 valence electrons. The summed E-state index contributed by atoms with van der Waals surface area (Å²) in [4.78, 5) is 2.50. The SMILES string of the molecule is CCC(CN1CCCC1)C(O)(c1ccccc1)c1ccccc1.Cl. The van der Waals surface area contributed by atoms with Gasteiger partial charge in [-0.1, -0.05) is 67.6 Å². The van der Waals surface area contributed by atoms with Gasteiger partial charge in [0, 0.05) is 12.5 Å². The molecular weight excluding hydrogens is 318 g/mol. The molecule has 2 aromatic carbocycles. The monoisotopic (exact) mass is 345 g/mol. The van der Waals surface area contributed by atoms with Crippen LogP contribution in [0.15, 0.2) is 60.7 Å². The molecular formula is C21H28ClNO. The number of likely N-dealkylation sites (tertiary alicyclic amines) is 1. The number of hydrogen-bond donors (Lipinski definition) is 1. The van der Waals surface area contributed by atoms with Crippen molar-refractivity contribution in [1.82, 2.24) is 4.90 Å². The van der Waals surface area contributed by atoms with Gasteiger partial charge in [-0.15, -0.1) is 12.4 Å². The largest absolute Gasteiger partial charge is 0.380 e. The van der Waals surface area contributed by atoms with Crippen LogP contribution in [-0.4, -0.2) is 29.6 Å². The van der Waals surface area contributed by atoms with Crippen LogP contribution in [0.3, 0.4) is 0 Å². The molecule has 1 fully saturated rings. The highest BCUT2D eigenvalue weighted by Crippen LogP contribution is 2.39. The van der Waals surface area contributed by atoms with Gasteiger partial charge in [-0.05, 0) is 43.5 Å². The molecule has 0 amide bonds. The molecule has 3 heteroatoms. The first-order valence-corrected chi connectivity index (χ1v) is 8.81.